The lowest BCUT2D eigenvalue weighted by Crippen LogP contribution is -2.58. The van der Waals surface area contributed by atoms with Crippen LogP contribution in [0, 0.1) is 70.0 Å². The van der Waals surface area contributed by atoms with E-state index in [0.29, 0.717) is 79.4 Å². The van der Waals surface area contributed by atoms with E-state index in [1.807, 2.05) is 32.5 Å². The number of thioether (sulfide) groups is 1. The van der Waals surface area contributed by atoms with Crippen molar-refractivity contribution >= 4 is 34.1 Å². The van der Waals surface area contributed by atoms with Gasteiger partial charge in [-0.1, -0.05) is 13.8 Å². The zero-order valence-corrected chi connectivity index (χ0v) is 40.3. The highest BCUT2D eigenvalue weighted by Gasteiger charge is 2.65. The number of rotatable bonds is 8. The first-order valence-electron chi connectivity index (χ1n) is 24.5. The van der Waals surface area contributed by atoms with Gasteiger partial charge in [-0.3, -0.25) is 23.2 Å². The molecular formula is C50H74F2N4O5S2. The summed E-state index contributed by atoms with van der Waals surface area (Å²) in [7, 11) is -1.10. The van der Waals surface area contributed by atoms with Crippen LogP contribution < -0.4 is 0 Å². The lowest BCUT2D eigenvalue weighted by atomic mass is 9.48. The number of carbonyl (C=O) groups is 2. The van der Waals surface area contributed by atoms with E-state index >= 15 is 8.78 Å². The summed E-state index contributed by atoms with van der Waals surface area (Å²) in [6.45, 7) is 8.93. The average molecular weight is 913 g/mol. The molecule has 350 valence electrons. The van der Waals surface area contributed by atoms with Crippen molar-refractivity contribution in [1.29, 1.82) is 0 Å². The summed E-state index contributed by atoms with van der Waals surface area (Å²) in [4.78, 5) is 28.4. The minimum Gasteiger partial charge on any atom is -0.390 e. The molecule has 13 heteroatoms. The van der Waals surface area contributed by atoms with Gasteiger partial charge < -0.3 is 10.2 Å². The molecule has 0 aliphatic heterocycles. The molecule has 2 N–H and O–H groups in total. The lowest BCUT2D eigenvalue weighted by Gasteiger charge is -2.59. The maximum atomic E-state index is 16.5. The van der Waals surface area contributed by atoms with Crippen LogP contribution >= 0.6 is 11.8 Å². The van der Waals surface area contributed by atoms with Gasteiger partial charge in [0, 0.05) is 35.4 Å². The molecule has 0 radical (unpaired) electrons. The monoisotopic (exact) mass is 913 g/mol. The molecule has 0 saturated heterocycles. The summed E-state index contributed by atoms with van der Waals surface area (Å²) in [5.74, 6) is 2.37. The van der Waals surface area contributed by atoms with Gasteiger partial charge in [0.2, 0.25) is 0 Å². The van der Waals surface area contributed by atoms with E-state index in [1.165, 1.54) is 0 Å². The van der Waals surface area contributed by atoms with Gasteiger partial charge in [0.1, 0.15) is 11.3 Å². The highest BCUT2D eigenvalue weighted by Crippen LogP contribution is 2.68. The topological polar surface area (TPSA) is 127 Å². The van der Waals surface area contributed by atoms with Crippen LogP contribution in [0.4, 0.5) is 8.78 Å². The Morgan fingerprint density at radius 2 is 1.13 bits per heavy atom. The number of carbonyl (C=O) groups excluding carboxylic acids is 2. The van der Waals surface area contributed by atoms with Crippen LogP contribution in [-0.4, -0.2) is 80.6 Å². The number of aliphatic hydroxyl groups is 2. The molecule has 0 spiro atoms. The summed E-state index contributed by atoms with van der Waals surface area (Å²) < 4.78 is 48.0. The molecule has 17 atom stereocenters. The average Bonchev–Trinajstić information content (AvgIpc) is 4.03. The summed E-state index contributed by atoms with van der Waals surface area (Å²) >= 11 is 1.64. The standard InChI is InChI=1S/C25H37FN2O3S.C25H37FN2O2S/c1-23(30)10-11-25(26)16(12-23)4-5-18-19-6-7-21(24(19,2)9-8-20(18)25)22(29)15-28-14-17(13-27-28)32(3)31;1-23(30)10-11-25(26)16(12-23)4-5-18-19-6-7-21(24(19,2)9-8-20(18)25)22(29)15-28-14-17(31-3)13-27-28/h13-14,16,18-21,30H,4-12,15H2,1-3H3;13-14,16,18-21,30H,4-12,15H2,1-3H3/t16-,18+,19+,20+,21-,23-,24+,25-,32?;16-,18+,19+,20+,21-,23-,24+,25-/m11/s1. The molecule has 0 aromatic carbocycles. The Morgan fingerprint density at radius 3 is 1.56 bits per heavy atom. The van der Waals surface area contributed by atoms with Crippen LogP contribution in [0.25, 0.3) is 0 Å². The molecule has 9 nitrogen and oxygen atoms in total. The van der Waals surface area contributed by atoms with Crippen molar-refractivity contribution in [1.82, 2.24) is 19.6 Å². The second-order valence-electron chi connectivity index (χ2n) is 23.2. The van der Waals surface area contributed by atoms with Crippen molar-refractivity contribution in [2.24, 2.45) is 70.0 Å². The van der Waals surface area contributed by atoms with E-state index in [1.54, 1.807) is 39.8 Å². The number of hydrogen-bond acceptors (Lipinski definition) is 8. The van der Waals surface area contributed by atoms with Crippen LogP contribution in [0.5, 0.6) is 0 Å². The summed E-state index contributed by atoms with van der Waals surface area (Å²) in [6, 6.07) is 0. The van der Waals surface area contributed by atoms with E-state index in [4.69, 9.17) is 0 Å². The quantitative estimate of drug-likeness (QED) is 0.251. The molecule has 0 bridgehead atoms. The Hall–Kier alpha value is -1.96. The molecule has 2 heterocycles. The largest absolute Gasteiger partial charge is 0.390 e. The smallest absolute Gasteiger partial charge is 0.157 e. The third-order valence-corrected chi connectivity index (χ3v) is 21.4. The maximum absolute atomic E-state index is 16.5. The highest BCUT2D eigenvalue weighted by atomic mass is 32.2. The molecule has 8 aliphatic rings. The van der Waals surface area contributed by atoms with Crippen molar-refractivity contribution in [3.63, 3.8) is 0 Å². The Labute approximate surface area is 380 Å². The first-order chi connectivity index (χ1) is 29.7. The van der Waals surface area contributed by atoms with Crippen molar-refractivity contribution in [2.75, 3.05) is 12.5 Å². The molecule has 1 unspecified atom stereocenters. The number of nitrogens with zero attached hydrogens (tertiary/aromatic N) is 4. The third kappa shape index (κ3) is 8.10. The minimum atomic E-state index is -1.14. The number of aromatic nitrogens is 4. The predicted molar refractivity (Wildman–Crippen MR) is 242 cm³/mol. The van der Waals surface area contributed by atoms with Crippen molar-refractivity contribution in [3.05, 3.63) is 24.8 Å². The van der Waals surface area contributed by atoms with Gasteiger partial charge in [-0.05, 0) is 194 Å². The summed E-state index contributed by atoms with van der Waals surface area (Å²) in [6.07, 6.45) is 25.4. The van der Waals surface area contributed by atoms with E-state index < -0.39 is 33.3 Å². The van der Waals surface area contributed by atoms with Gasteiger partial charge in [0.15, 0.2) is 11.6 Å². The van der Waals surface area contributed by atoms with E-state index in [0.717, 1.165) is 81.9 Å². The van der Waals surface area contributed by atoms with Crippen LogP contribution in [0.15, 0.2) is 34.6 Å². The fourth-order valence-corrected chi connectivity index (χ4v) is 17.5. The molecule has 10 rings (SSSR count). The predicted octanol–water partition coefficient (Wildman–Crippen LogP) is 9.59. The highest BCUT2D eigenvalue weighted by molar-refractivity contribution is 7.98. The van der Waals surface area contributed by atoms with Crippen LogP contribution in [0.2, 0.25) is 0 Å². The van der Waals surface area contributed by atoms with Crippen molar-refractivity contribution in [3.8, 4) is 0 Å². The SMILES string of the molecule is CS(=O)c1cnn(CC(=O)[C@H]2CC[C@H]3[C@@H]4CC[C@@H]5C[C@](C)(O)CC[C@]5(F)[C@H]4CC[C@]23C)c1.CSc1cnn(CC(=O)[C@H]2CC[C@H]3[C@@H]4CC[C@@H]5C[C@](C)(O)CC[C@]5(F)[C@H]4CC[C@]23C)c1. The fourth-order valence-electron chi connectivity index (χ4n) is 16.7. The number of Topliss-reactive ketones (excluding diaryl/α,β-unsaturated/α-hetero) is 2. The number of ketones is 2. The summed E-state index contributed by atoms with van der Waals surface area (Å²) in [5.41, 5.74) is -3.75. The first-order valence-corrected chi connectivity index (χ1v) is 27.3. The maximum Gasteiger partial charge on any atom is 0.157 e. The van der Waals surface area contributed by atoms with Gasteiger partial charge in [0.05, 0.1) is 52.4 Å². The number of alkyl halides is 2. The lowest BCUT2D eigenvalue weighted by molar-refractivity contribution is -0.166. The van der Waals surface area contributed by atoms with Crippen molar-refractivity contribution in [2.45, 2.75) is 189 Å². The number of fused-ring (bicyclic) bond motifs is 10. The van der Waals surface area contributed by atoms with Gasteiger partial charge in [-0.25, -0.2) is 8.78 Å². The Kier molecular flexibility index (Phi) is 12.2. The van der Waals surface area contributed by atoms with Crippen molar-refractivity contribution < 1.29 is 32.8 Å². The zero-order valence-electron chi connectivity index (χ0n) is 38.7. The van der Waals surface area contributed by atoms with Gasteiger partial charge >= 0.3 is 0 Å². The first kappa shape index (κ1) is 46.2. The third-order valence-electron chi connectivity index (χ3n) is 19.8. The van der Waals surface area contributed by atoms with Gasteiger partial charge in [-0.15, -0.1) is 11.8 Å². The van der Waals surface area contributed by atoms with E-state index in [2.05, 4.69) is 24.0 Å². The Balaban J connectivity index is 0.000000160. The Bertz CT molecular complexity index is 2070. The molecule has 8 saturated carbocycles. The van der Waals surface area contributed by atoms with Crippen LogP contribution in [0.3, 0.4) is 0 Å². The molecule has 63 heavy (non-hydrogen) atoms. The minimum absolute atomic E-state index is 0.00288. The molecular weight excluding hydrogens is 839 g/mol. The zero-order chi connectivity index (χ0) is 44.9. The molecule has 0 amide bonds. The fraction of sp³-hybridized carbons (Fsp3) is 0.840. The van der Waals surface area contributed by atoms with Crippen LogP contribution in [-0.2, 0) is 33.5 Å². The molecule has 2 aromatic rings. The second-order valence-corrected chi connectivity index (χ2v) is 25.5. The Morgan fingerprint density at radius 1 is 0.667 bits per heavy atom. The normalized spacial score (nSPS) is 46.8. The van der Waals surface area contributed by atoms with E-state index in [-0.39, 0.29) is 58.7 Å². The van der Waals surface area contributed by atoms with Gasteiger partial charge in [0.25, 0.3) is 0 Å². The number of hydrogen-bond donors (Lipinski definition) is 2. The number of halogens is 2. The molecule has 2 aromatic heterocycles. The van der Waals surface area contributed by atoms with Crippen LogP contribution in [0.1, 0.15) is 143 Å². The second kappa shape index (κ2) is 16.7. The molecule has 8 fully saturated rings. The van der Waals surface area contributed by atoms with Gasteiger partial charge in [-0.2, -0.15) is 10.2 Å². The summed E-state index contributed by atoms with van der Waals surface area (Å²) in [5, 5.41) is 29.7. The molecule has 8 aliphatic carbocycles. The van der Waals surface area contributed by atoms with E-state index in [9.17, 15) is 24.0 Å².